The third kappa shape index (κ3) is 2.98. The zero-order valence-corrected chi connectivity index (χ0v) is 11.4. The fraction of sp³-hybridized carbons (Fsp3) is 0.500. The molecule has 1 aliphatic carbocycles. The van der Waals surface area contributed by atoms with Crippen LogP contribution in [0.15, 0.2) is 24.4 Å². The molecule has 0 spiro atoms. The molecule has 100 valence electrons. The standard InChI is InChI=1S/C14H19N5/c1-10(2)15-9-12-5-6-14(17-16-12)19-8-7-13(18-19)11-3-4-11/h5-8,10-11,15H,3-4,9H2,1-2H3. The van der Waals surface area contributed by atoms with Crippen LogP contribution in [-0.2, 0) is 6.54 Å². The molecule has 1 N–H and O–H groups in total. The van der Waals surface area contributed by atoms with Crippen molar-refractivity contribution in [1.29, 1.82) is 0 Å². The maximum absolute atomic E-state index is 4.54. The van der Waals surface area contributed by atoms with Crippen molar-refractivity contribution >= 4 is 0 Å². The molecule has 0 aliphatic heterocycles. The number of hydrogen-bond donors (Lipinski definition) is 1. The van der Waals surface area contributed by atoms with E-state index in [2.05, 4.69) is 40.5 Å². The number of nitrogens with zero attached hydrogens (tertiary/aromatic N) is 4. The van der Waals surface area contributed by atoms with E-state index in [1.807, 2.05) is 18.3 Å². The van der Waals surface area contributed by atoms with E-state index in [0.29, 0.717) is 12.0 Å². The van der Waals surface area contributed by atoms with Crippen molar-refractivity contribution in [2.24, 2.45) is 0 Å². The predicted octanol–water partition coefficient (Wildman–Crippen LogP) is 2.04. The molecule has 0 unspecified atom stereocenters. The molecule has 0 atom stereocenters. The second-order valence-corrected chi connectivity index (χ2v) is 5.38. The summed E-state index contributed by atoms with van der Waals surface area (Å²) in [5, 5.41) is 16.3. The Bertz CT molecular complexity index is 539. The summed E-state index contributed by atoms with van der Waals surface area (Å²) in [5.74, 6) is 1.45. The van der Waals surface area contributed by atoms with Crippen molar-refractivity contribution in [3.8, 4) is 5.82 Å². The number of nitrogens with one attached hydrogen (secondary N) is 1. The lowest BCUT2D eigenvalue weighted by molar-refractivity contribution is 0.576. The van der Waals surface area contributed by atoms with Crippen LogP contribution in [0, 0.1) is 0 Å². The highest BCUT2D eigenvalue weighted by molar-refractivity contribution is 5.23. The largest absolute Gasteiger partial charge is 0.309 e. The first-order valence-corrected chi connectivity index (χ1v) is 6.84. The monoisotopic (exact) mass is 257 g/mol. The van der Waals surface area contributed by atoms with Gasteiger partial charge in [0.25, 0.3) is 0 Å². The lowest BCUT2D eigenvalue weighted by Gasteiger charge is -2.07. The Morgan fingerprint density at radius 3 is 2.74 bits per heavy atom. The van der Waals surface area contributed by atoms with Crippen molar-refractivity contribution in [3.05, 3.63) is 35.8 Å². The predicted molar refractivity (Wildman–Crippen MR) is 73.1 cm³/mol. The molecule has 0 amide bonds. The average molecular weight is 257 g/mol. The van der Waals surface area contributed by atoms with Gasteiger partial charge < -0.3 is 5.32 Å². The van der Waals surface area contributed by atoms with Gasteiger partial charge in [-0.1, -0.05) is 13.8 Å². The molecule has 1 saturated carbocycles. The minimum atomic E-state index is 0.452. The lowest BCUT2D eigenvalue weighted by Crippen LogP contribution is -2.22. The van der Waals surface area contributed by atoms with E-state index in [1.165, 1.54) is 18.5 Å². The molecule has 2 aromatic rings. The molecular weight excluding hydrogens is 238 g/mol. The zero-order chi connectivity index (χ0) is 13.2. The Hall–Kier alpha value is -1.75. The Morgan fingerprint density at radius 2 is 2.11 bits per heavy atom. The Labute approximate surface area is 113 Å². The van der Waals surface area contributed by atoms with Gasteiger partial charge in [0.2, 0.25) is 0 Å². The molecule has 5 heteroatoms. The van der Waals surface area contributed by atoms with Crippen molar-refractivity contribution in [2.45, 2.75) is 45.2 Å². The summed E-state index contributed by atoms with van der Waals surface area (Å²) in [4.78, 5) is 0. The molecule has 0 saturated heterocycles. The van der Waals surface area contributed by atoms with E-state index in [-0.39, 0.29) is 0 Å². The fourth-order valence-corrected chi connectivity index (χ4v) is 1.94. The van der Waals surface area contributed by atoms with Crippen LogP contribution in [0.1, 0.15) is 44.0 Å². The van der Waals surface area contributed by atoms with Gasteiger partial charge in [0.15, 0.2) is 5.82 Å². The van der Waals surface area contributed by atoms with Crippen LogP contribution in [0.3, 0.4) is 0 Å². The van der Waals surface area contributed by atoms with Crippen molar-refractivity contribution in [2.75, 3.05) is 0 Å². The minimum absolute atomic E-state index is 0.452. The first kappa shape index (κ1) is 12.3. The van der Waals surface area contributed by atoms with Crippen LogP contribution < -0.4 is 5.32 Å². The highest BCUT2D eigenvalue weighted by atomic mass is 15.3. The maximum Gasteiger partial charge on any atom is 0.175 e. The van der Waals surface area contributed by atoms with Crippen LogP contribution in [0.2, 0.25) is 0 Å². The Morgan fingerprint density at radius 1 is 1.26 bits per heavy atom. The highest BCUT2D eigenvalue weighted by Crippen LogP contribution is 2.38. The van der Waals surface area contributed by atoms with Crippen LogP contribution in [-0.4, -0.2) is 26.0 Å². The third-order valence-corrected chi connectivity index (χ3v) is 3.24. The van der Waals surface area contributed by atoms with Crippen LogP contribution >= 0.6 is 0 Å². The van der Waals surface area contributed by atoms with Crippen molar-refractivity contribution < 1.29 is 0 Å². The number of aromatic nitrogens is 4. The minimum Gasteiger partial charge on any atom is -0.309 e. The third-order valence-electron chi connectivity index (χ3n) is 3.24. The average Bonchev–Trinajstić information content (AvgIpc) is 3.15. The first-order chi connectivity index (χ1) is 9.22. The summed E-state index contributed by atoms with van der Waals surface area (Å²) < 4.78 is 1.81. The Kier molecular flexibility index (Phi) is 3.29. The zero-order valence-electron chi connectivity index (χ0n) is 11.4. The van der Waals surface area contributed by atoms with Crippen LogP contribution in [0.25, 0.3) is 5.82 Å². The quantitative estimate of drug-likeness (QED) is 0.890. The first-order valence-electron chi connectivity index (χ1n) is 6.84. The topological polar surface area (TPSA) is 55.6 Å². The van der Waals surface area contributed by atoms with Gasteiger partial charge in [-0.25, -0.2) is 4.68 Å². The molecule has 0 radical (unpaired) electrons. The van der Waals surface area contributed by atoms with E-state index in [0.717, 1.165) is 18.1 Å². The van der Waals surface area contributed by atoms with Gasteiger partial charge in [-0.2, -0.15) is 10.2 Å². The smallest absolute Gasteiger partial charge is 0.175 e. The summed E-state index contributed by atoms with van der Waals surface area (Å²) in [7, 11) is 0. The summed E-state index contributed by atoms with van der Waals surface area (Å²) in [6.07, 6.45) is 4.49. The van der Waals surface area contributed by atoms with E-state index >= 15 is 0 Å². The molecular formula is C14H19N5. The van der Waals surface area contributed by atoms with Gasteiger partial charge in [0, 0.05) is 24.7 Å². The van der Waals surface area contributed by atoms with Gasteiger partial charge in [0.1, 0.15) is 0 Å². The van der Waals surface area contributed by atoms with Crippen molar-refractivity contribution in [3.63, 3.8) is 0 Å². The van der Waals surface area contributed by atoms with Crippen LogP contribution in [0.4, 0.5) is 0 Å². The Balaban J connectivity index is 1.70. The second kappa shape index (κ2) is 5.09. The normalized spacial score (nSPS) is 15.1. The summed E-state index contributed by atoms with van der Waals surface area (Å²) in [6, 6.07) is 6.49. The summed E-state index contributed by atoms with van der Waals surface area (Å²) >= 11 is 0. The molecule has 0 aromatic carbocycles. The van der Waals surface area contributed by atoms with Gasteiger partial charge in [-0.05, 0) is 31.0 Å². The fourth-order valence-electron chi connectivity index (χ4n) is 1.94. The second-order valence-electron chi connectivity index (χ2n) is 5.38. The van der Waals surface area contributed by atoms with Gasteiger partial charge in [0.05, 0.1) is 11.4 Å². The molecule has 1 fully saturated rings. The number of hydrogen-bond acceptors (Lipinski definition) is 4. The van der Waals surface area contributed by atoms with Gasteiger partial charge in [-0.15, -0.1) is 5.10 Å². The molecule has 19 heavy (non-hydrogen) atoms. The highest BCUT2D eigenvalue weighted by Gasteiger charge is 2.25. The van der Waals surface area contributed by atoms with E-state index in [1.54, 1.807) is 4.68 Å². The maximum atomic E-state index is 4.54. The summed E-state index contributed by atoms with van der Waals surface area (Å²) in [6.45, 7) is 4.98. The van der Waals surface area contributed by atoms with E-state index in [9.17, 15) is 0 Å². The van der Waals surface area contributed by atoms with Gasteiger partial charge >= 0.3 is 0 Å². The summed E-state index contributed by atoms with van der Waals surface area (Å²) in [5.41, 5.74) is 2.12. The molecule has 2 aromatic heterocycles. The van der Waals surface area contributed by atoms with E-state index in [4.69, 9.17) is 0 Å². The molecule has 1 aliphatic rings. The molecule has 0 bridgehead atoms. The van der Waals surface area contributed by atoms with Gasteiger partial charge in [-0.3, -0.25) is 0 Å². The molecule has 3 rings (SSSR count). The van der Waals surface area contributed by atoms with Crippen LogP contribution in [0.5, 0.6) is 0 Å². The van der Waals surface area contributed by atoms with Crippen molar-refractivity contribution in [1.82, 2.24) is 25.3 Å². The molecule has 5 nitrogen and oxygen atoms in total. The lowest BCUT2D eigenvalue weighted by atomic mass is 10.3. The SMILES string of the molecule is CC(C)NCc1ccc(-n2ccc(C3CC3)n2)nn1. The van der Waals surface area contributed by atoms with E-state index < -0.39 is 0 Å². The molecule has 2 heterocycles. The number of rotatable bonds is 5.